The molecule has 1 heterocycles. The molecule has 1 amide bonds. The highest BCUT2D eigenvalue weighted by atomic mass is 35.5. The fourth-order valence-corrected chi connectivity index (χ4v) is 3.42. The molecular formula is C18H17ClN2O2S. The molecule has 1 atom stereocenters. The predicted octanol–water partition coefficient (Wildman–Crippen LogP) is 4.55. The van der Waals surface area contributed by atoms with E-state index >= 15 is 0 Å². The van der Waals surface area contributed by atoms with E-state index in [-0.39, 0.29) is 18.6 Å². The van der Waals surface area contributed by atoms with Crippen LogP contribution in [0.1, 0.15) is 18.0 Å². The van der Waals surface area contributed by atoms with Gasteiger partial charge in [-0.2, -0.15) is 0 Å². The molecule has 0 aliphatic heterocycles. The van der Waals surface area contributed by atoms with Crippen molar-refractivity contribution in [2.75, 3.05) is 13.7 Å². The number of thiazole rings is 1. The summed E-state index contributed by atoms with van der Waals surface area (Å²) in [4.78, 5) is 18.6. The van der Waals surface area contributed by atoms with Crippen molar-refractivity contribution in [1.29, 1.82) is 0 Å². The number of carbonyl (C=O) groups excluding carboxylic acids is 1. The van der Waals surface area contributed by atoms with Crippen molar-refractivity contribution in [3.05, 3.63) is 58.6 Å². The van der Waals surface area contributed by atoms with Gasteiger partial charge in [0, 0.05) is 12.1 Å². The second-order valence-electron chi connectivity index (χ2n) is 5.44. The Labute approximate surface area is 149 Å². The van der Waals surface area contributed by atoms with Crippen molar-refractivity contribution in [1.82, 2.24) is 9.88 Å². The van der Waals surface area contributed by atoms with E-state index in [1.807, 2.05) is 31.2 Å². The van der Waals surface area contributed by atoms with Crippen LogP contribution >= 0.6 is 22.9 Å². The van der Waals surface area contributed by atoms with Gasteiger partial charge in [-0.15, -0.1) is 11.3 Å². The summed E-state index contributed by atoms with van der Waals surface area (Å²) in [5.74, 6) is 0.519. The monoisotopic (exact) mass is 360 g/mol. The maximum Gasteiger partial charge on any atom is 0.260 e. The summed E-state index contributed by atoms with van der Waals surface area (Å²) in [7, 11) is 1.77. The minimum atomic E-state index is -0.108. The number of halogens is 1. The Bertz CT molecular complexity index is 815. The van der Waals surface area contributed by atoms with Gasteiger partial charge >= 0.3 is 0 Å². The van der Waals surface area contributed by atoms with Crippen LogP contribution in [0.4, 0.5) is 0 Å². The molecule has 4 nitrogen and oxygen atoms in total. The lowest BCUT2D eigenvalue weighted by molar-refractivity contribution is -0.134. The van der Waals surface area contributed by atoms with Gasteiger partial charge in [0.25, 0.3) is 5.91 Å². The van der Waals surface area contributed by atoms with Gasteiger partial charge in [0.15, 0.2) is 6.61 Å². The number of nitrogens with zero attached hydrogens (tertiary/aromatic N) is 2. The molecule has 0 saturated carbocycles. The zero-order chi connectivity index (χ0) is 17.1. The predicted molar refractivity (Wildman–Crippen MR) is 97.8 cm³/mol. The summed E-state index contributed by atoms with van der Waals surface area (Å²) in [5.41, 5.74) is 0.961. The van der Waals surface area contributed by atoms with Gasteiger partial charge in [0.1, 0.15) is 10.8 Å². The molecule has 0 spiro atoms. The highest BCUT2D eigenvalue weighted by Gasteiger charge is 2.21. The van der Waals surface area contributed by atoms with Crippen LogP contribution in [0.2, 0.25) is 5.02 Å². The van der Waals surface area contributed by atoms with Crippen molar-refractivity contribution in [3.63, 3.8) is 0 Å². The Morgan fingerprint density at radius 2 is 1.96 bits per heavy atom. The Morgan fingerprint density at radius 1 is 1.25 bits per heavy atom. The fraction of sp³-hybridized carbons (Fsp3) is 0.222. The van der Waals surface area contributed by atoms with Crippen molar-refractivity contribution in [3.8, 4) is 5.75 Å². The number of ether oxygens (including phenoxy) is 1. The SMILES string of the molecule is C[C@H](c1nc2ccccc2s1)N(C)C(=O)COc1ccc(Cl)cc1. The van der Waals surface area contributed by atoms with Crippen LogP contribution in [0.5, 0.6) is 5.75 Å². The smallest absolute Gasteiger partial charge is 0.260 e. The number of hydrogen-bond donors (Lipinski definition) is 0. The molecule has 24 heavy (non-hydrogen) atoms. The van der Waals surface area contributed by atoms with E-state index in [1.165, 1.54) is 0 Å². The van der Waals surface area contributed by atoms with E-state index in [2.05, 4.69) is 4.98 Å². The number of rotatable bonds is 5. The molecule has 3 aromatic rings. The molecule has 0 radical (unpaired) electrons. The molecule has 6 heteroatoms. The molecule has 3 rings (SSSR count). The maximum absolute atomic E-state index is 12.4. The summed E-state index contributed by atoms with van der Waals surface area (Å²) in [5, 5.41) is 1.55. The third-order valence-corrected chi connectivity index (χ3v) is 5.28. The van der Waals surface area contributed by atoms with E-state index < -0.39 is 0 Å². The lowest BCUT2D eigenvalue weighted by Gasteiger charge is -2.23. The van der Waals surface area contributed by atoms with E-state index in [4.69, 9.17) is 16.3 Å². The second-order valence-corrected chi connectivity index (χ2v) is 6.94. The minimum absolute atomic E-state index is 0.0205. The largest absolute Gasteiger partial charge is 0.484 e. The maximum atomic E-state index is 12.4. The third-order valence-electron chi connectivity index (χ3n) is 3.82. The van der Waals surface area contributed by atoms with Gasteiger partial charge in [0.2, 0.25) is 0 Å². The van der Waals surface area contributed by atoms with E-state index in [1.54, 1.807) is 47.5 Å². The lowest BCUT2D eigenvalue weighted by Crippen LogP contribution is -2.33. The zero-order valence-corrected chi connectivity index (χ0v) is 15.0. The Kier molecular flexibility index (Phi) is 5.02. The number of carbonyl (C=O) groups is 1. The number of para-hydroxylation sites is 1. The van der Waals surface area contributed by atoms with Crippen molar-refractivity contribution < 1.29 is 9.53 Å². The molecule has 1 aromatic heterocycles. The van der Waals surface area contributed by atoms with E-state index in [9.17, 15) is 4.79 Å². The normalized spacial score (nSPS) is 12.1. The second kappa shape index (κ2) is 7.20. The lowest BCUT2D eigenvalue weighted by atomic mass is 10.3. The topological polar surface area (TPSA) is 42.4 Å². The highest BCUT2D eigenvalue weighted by Crippen LogP contribution is 2.28. The number of benzene rings is 2. The van der Waals surface area contributed by atoms with Crippen LogP contribution in [-0.2, 0) is 4.79 Å². The summed E-state index contributed by atoms with van der Waals surface area (Å²) in [6.45, 7) is 1.95. The van der Waals surface area contributed by atoms with Gasteiger partial charge in [-0.1, -0.05) is 23.7 Å². The van der Waals surface area contributed by atoms with Gasteiger partial charge in [-0.3, -0.25) is 4.79 Å². The van der Waals surface area contributed by atoms with Gasteiger partial charge in [-0.25, -0.2) is 4.98 Å². The van der Waals surface area contributed by atoms with Crippen molar-refractivity contribution in [2.45, 2.75) is 13.0 Å². The van der Waals surface area contributed by atoms with Crippen LogP contribution in [0, 0.1) is 0 Å². The Balaban J connectivity index is 1.64. The molecular weight excluding hydrogens is 344 g/mol. The molecule has 124 valence electrons. The first-order chi connectivity index (χ1) is 11.5. The van der Waals surface area contributed by atoms with Gasteiger partial charge in [0.05, 0.1) is 16.3 Å². The number of amides is 1. The summed E-state index contributed by atoms with van der Waals surface area (Å²) < 4.78 is 6.64. The van der Waals surface area contributed by atoms with Crippen molar-refractivity contribution in [2.24, 2.45) is 0 Å². The molecule has 0 aliphatic carbocycles. The zero-order valence-electron chi connectivity index (χ0n) is 13.4. The highest BCUT2D eigenvalue weighted by molar-refractivity contribution is 7.18. The number of aromatic nitrogens is 1. The van der Waals surface area contributed by atoms with Gasteiger partial charge < -0.3 is 9.64 Å². The quantitative estimate of drug-likeness (QED) is 0.670. The molecule has 0 saturated heterocycles. The molecule has 0 aliphatic rings. The molecule has 0 unspecified atom stereocenters. The summed E-state index contributed by atoms with van der Waals surface area (Å²) in [6.07, 6.45) is 0. The average molecular weight is 361 g/mol. The standard InChI is InChI=1S/C18H17ClN2O2S/c1-12(18-20-15-5-3-4-6-16(15)24-18)21(2)17(22)11-23-14-9-7-13(19)8-10-14/h3-10,12H,11H2,1-2H3/t12-/m1/s1. The molecule has 0 N–H and O–H groups in total. The molecule has 0 fully saturated rings. The van der Waals surface area contributed by atoms with Crippen LogP contribution in [0.3, 0.4) is 0 Å². The van der Waals surface area contributed by atoms with Crippen LogP contribution in [0.15, 0.2) is 48.5 Å². The van der Waals surface area contributed by atoms with Gasteiger partial charge in [-0.05, 0) is 43.3 Å². The number of fused-ring (bicyclic) bond motifs is 1. The fourth-order valence-electron chi connectivity index (χ4n) is 2.23. The average Bonchev–Trinajstić information content (AvgIpc) is 3.03. The Hall–Kier alpha value is -2.11. The minimum Gasteiger partial charge on any atom is -0.484 e. The first kappa shape index (κ1) is 16.7. The molecule has 2 aromatic carbocycles. The van der Waals surface area contributed by atoms with E-state index in [0.29, 0.717) is 10.8 Å². The van der Waals surface area contributed by atoms with E-state index in [0.717, 1.165) is 15.2 Å². The first-order valence-corrected chi connectivity index (χ1v) is 8.73. The molecule has 0 bridgehead atoms. The Morgan fingerprint density at radius 3 is 2.67 bits per heavy atom. The van der Waals surface area contributed by atoms with Crippen LogP contribution in [0.25, 0.3) is 10.2 Å². The van der Waals surface area contributed by atoms with Crippen LogP contribution < -0.4 is 4.74 Å². The first-order valence-electron chi connectivity index (χ1n) is 7.54. The van der Waals surface area contributed by atoms with Crippen LogP contribution in [-0.4, -0.2) is 29.4 Å². The third kappa shape index (κ3) is 3.68. The summed E-state index contributed by atoms with van der Waals surface area (Å²) in [6, 6.07) is 14.8. The number of likely N-dealkylation sites (N-methyl/N-ethyl adjacent to an activating group) is 1. The van der Waals surface area contributed by atoms with Crippen molar-refractivity contribution >= 4 is 39.1 Å². The summed E-state index contributed by atoms with van der Waals surface area (Å²) >= 11 is 7.44. The number of hydrogen-bond acceptors (Lipinski definition) is 4.